The van der Waals surface area contributed by atoms with Gasteiger partial charge in [0.1, 0.15) is 24.4 Å². The van der Waals surface area contributed by atoms with Crippen LogP contribution < -0.4 is 15.1 Å². The summed E-state index contributed by atoms with van der Waals surface area (Å²) in [6.45, 7) is -0.648. The standard InChI is InChI=1S/C16H18O10/c1-23-7-4-6-2-3-9(18)25-14(6)15(11(7)20)26-16-13(22)12(21)10(19)8(5-17)24-16/h2-4,8,10,12-13,16-17,19-22H,5H2,1H3/t8-,10-,12+,13-,16-/m1/s1. The summed E-state index contributed by atoms with van der Waals surface area (Å²) < 4.78 is 20.8. The topological polar surface area (TPSA) is 159 Å². The molecule has 3 rings (SSSR count). The number of fused-ring (bicyclic) bond motifs is 1. The van der Waals surface area contributed by atoms with Gasteiger partial charge in [0.15, 0.2) is 11.3 Å². The smallest absolute Gasteiger partial charge is 0.336 e. The third-order valence-corrected chi connectivity index (χ3v) is 4.11. The highest BCUT2D eigenvalue weighted by Crippen LogP contribution is 2.43. The minimum absolute atomic E-state index is 0.00550. The third kappa shape index (κ3) is 3.08. The molecule has 10 heteroatoms. The summed E-state index contributed by atoms with van der Waals surface area (Å²) in [5.41, 5.74) is -0.839. The number of hydrogen-bond acceptors (Lipinski definition) is 10. The second-order valence-corrected chi connectivity index (χ2v) is 5.74. The minimum atomic E-state index is -1.70. The van der Waals surface area contributed by atoms with E-state index in [1.54, 1.807) is 0 Å². The lowest BCUT2D eigenvalue weighted by molar-refractivity contribution is -0.277. The fourth-order valence-corrected chi connectivity index (χ4v) is 2.69. The van der Waals surface area contributed by atoms with E-state index in [0.29, 0.717) is 5.39 Å². The number of phenolic OH excluding ortho intramolecular Hbond substituents is 1. The maximum Gasteiger partial charge on any atom is 0.336 e. The Labute approximate surface area is 146 Å². The molecule has 1 aliphatic heterocycles. The minimum Gasteiger partial charge on any atom is -0.502 e. The average Bonchev–Trinajstić information content (AvgIpc) is 2.64. The van der Waals surface area contributed by atoms with Crippen LogP contribution in [-0.4, -0.2) is 70.0 Å². The van der Waals surface area contributed by atoms with E-state index >= 15 is 0 Å². The SMILES string of the molecule is COc1cc2ccc(=O)oc2c(O[C@H]2O[C@H](CO)[C@@H](O)[C@H](O)[C@H]2O)c1O. The van der Waals surface area contributed by atoms with Crippen LogP contribution in [0.2, 0.25) is 0 Å². The van der Waals surface area contributed by atoms with E-state index in [4.69, 9.17) is 18.6 Å². The molecule has 0 radical (unpaired) electrons. The first-order valence-corrected chi connectivity index (χ1v) is 7.68. The molecule has 10 nitrogen and oxygen atoms in total. The second kappa shape index (κ2) is 7.09. The Balaban J connectivity index is 2.06. The van der Waals surface area contributed by atoms with Gasteiger partial charge >= 0.3 is 5.63 Å². The number of benzene rings is 1. The highest BCUT2D eigenvalue weighted by molar-refractivity contribution is 5.87. The van der Waals surface area contributed by atoms with Gasteiger partial charge in [0.2, 0.25) is 17.8 Å². The molecule has 0 amide bonds. The Hall–Kier alpha value is -2.37. The van der Waals surface area contributed by atoms with E-state index < -0.39 is 48.7 Å². The summed E-state index contributed by atoms with van der Waals surface area (Å²) >= 11 is 0. The largest absolute Gasteiger partial charge is 0.502 e. The van der Waals surface area contributed by atoms with Crippen LogP contribution >= 0.6 is 0 Å². The first-order chi connectivity index (χ1) is 12.4. The van der Waals surface area contributed by atoms with Crippen molar-refractivity contribution in [2.24, 2.45) is 0 Å². The third-order valence-electron chi connectivity index (χ3n) is 4.11. The van der Waals surface area contributed by atoms with Gasteiger partial charge in [-0.25, -0.2) is 4.79 Å². The number of methoxy groups -OCH3 is 1. The first kappa shape index (κ1) is 18.4. The van der Waals surface area contributed by atoms with E-state index in [1.165, 1.54) is 19.2 Å². The molecule has 2 heterocycles. The number of aromatic hydroxyl groups is 1. The summed E-state index contributed by atoms with van der Waals surface area (Å²) in [6, 6.07) is 3.99. The number of phenols is 1. The van der Waals surface area contributed by atoms with Crippen molar-refractivity contribution >= 4 is 11.0 Å². The molecule has 5 atom stereocenters. The van der Waals surface area contributed by atoms with Crippen LogP contribution in [-0.2, 0) is 4.74 Å². The normalized spacial score (nSPS) is 28.9. The molecule has 0 saturated carbocycles. The molecular formula is C16H18O10. The number of hydrogen-bond donors (Lipinski definition) is 5. The van der Waals surface area contributed by atoms with Crippen molar-refractivity contribution in [3.05, 3.63) is 28.6 Å². The molecule has 1 saturated heterocycles. The molecule has 0 aliphatic carbocycles. The summed E-state index contributed by atoms with van der Waals surface area (Å²) in [4.78, 5) is 11.5. The van der Waals surface area contributed by atoms with E-state index in [1.807, 2.05) is 0 Å². The summed E-state index contributed by atoms with van der Waals surface area (Å²) in [5, 5.41) is 49.6. The predicted molar refractivity (Wildman–Crippen MR) is 85.1 cm³/mol. The van der Waals surface area contributed by atoms with Gasteiger partial charge in [0.25, 0.3) is 0 Å². The molecule has 142 valence electrons. The fourth-order valence-electron chi connectivity index (χ4n) is 2.69. The van der Waals surface area contributed by atoms with E-state index in [0.717, 1.165) is 6.07 Å². The molecule has 2 aromatic rings. The Kier molecular flexibility index (Phi) is 5.03. The molecule has 26 heavy (non-hydrogen) atoms. The van der Waals surface area contributed by atoms with Crippen LogP contribution in [0.15, 0.2) is 27.4 Å². The zero-order valence-electron chi connectivity index (χ0n) is 13.6. The molecule has 1 aromatic heterocycles. The van der Waals surface area contributed by atoms with Gasteiger partial charge in [-0.05, 0) is 12.1 Å². The summed E-state index contributed by atoms with van der Waals surface area (Å²) in [6.07, 6.45) is -7.72. The van der Waals surface area contributed by atoms with E-state index in [-0.39, 0.29) is 17.1 Å². The van der Waals surface area contributed by atoms with Gasteiger partial charge in [-0.1, -0.05) is 0 Å². The first-order valence-electron chi connectivity index (χ1n) is 7.68. The fraction of sp³-hybridized carbons (Fsp3) is 0.438. The van der Waals surface area contributed by atoms with Crippen molar-refractivity contribution in [3.63, 3.8) is 0 Å². The average molecular weight is 370 g/mol. The Morgan fingerprint density at radius 3 is 2.54 bits per heavy atom. The van der Waals surface area contributed by atoms with Gasteiger partial charge in [0.05, 0.1) is 13.7 Å². The van der Waals surface area contributed by atoms with Crippen molar-refractivity contribution in [1.29, 1.82) is 0 Å². The molecule has 0 bridgehead atoms. The monoisotopic (exact) mass is 370 g/mol. The van der Waals surface area contributed by atoms with Crippen molar-refractivity contribution in [2.75, 3.05) is 13.7 Å². The molecule has 5 N–H and O–H groups in total. The summed E-state index contributed by atoms with van der Waals surface area (Å²) in [7, 11) is 1.30. The number of aliphatic hydroxyl groups is 4. The van der Waals surface area contributed by atoms with Crippen molar-refractivity contribution < 1.29 is 44.2 Å². The lowest BCUT2D eigenvalue weighted by atomic mass is 9.99. The molecule has 1 fully saturated rings. The Morgan fingerprint density at radius 2 is 1.88 bits per heavy atom. The lowest BCUT2D eigenvalue weighted by Gasteiger charge is -2.39. The van der Waals surface area contributed by atoms with Crippen LogP contribution in [0.5, 0.6) is 17.2 Å². The number of aliphatic hydroxyl groups excluding tert-OH is 4. The van der Waals surface area contributed by atoms with Crippen molar-refractivity contribution in [2.45, 2.75) is 30.7 Å². The van der Waals surface area contributed by atoms with Crippen molar-refractivity contribution in [3.8, 4) is 17.2 Å². The maximum atomic E-state index is 11.5. The van der Waals surface area contributed by atoms with Crippen LogP contribution in [0.3, 0.4) is 0 Å². The number of rotatable bonds is 4. The van der Waals surface area contributed by atoms with Gasteiger partial charge in [-0.15, -0.1) is 0 Å². The molecular weight excluding hydrogens is 352 g/mol. The Morgan fingerprint density at radius 1 is 1.15 bits per heavy atom. The Bertz CT molecular complexity index is 845. The van der Waals surface area contributed by atoms with Crippen LogP contribution in [0.25, 0.3) is 11.0 Å². The predicted octanol–water partition coefficient (Wildman–Crippen LogP) is -1.31. The van der Waals surface area contributed by atoms with Crippen LogP contribution in [0.4, 0.5) is 0 Å². The van der Waals surface area contributed by atoms with E-state index in [9.17, 15) is 30.3 Å². The van der Waals surface area contributed by atoms with Crippen LogP contribution in [0, 0.1) is 0 Å². The van der Waals surface area contributed by atoms with Crippen molar-refractivity contribution in [1.82, 2.24) is 0 Å². The van der Waals surface area contributed by atoms with Gasteiger partial charge in [-0.3, -0.25) is 0 Å². The van der Waals surface area contributed by atoms with E-state index in [2.05, 4.69) is 0 Å². The molecule has 1 aromatic carbocycles. The number of ether oxygens (including phenoxy) is 3. The van der Waals surface area contributed by atoms with Crippen LogP contribution in [0.1, 0.15) is 0 Å². The van der Waals surface area contributed by atoms with Gasteiger partial charge < -0.3 is 44.2 Å². The zero-order chi connectivity index (χ0) is 19.0. The lowest BCUT2D eigenvalue weighted by Crippen LogP contribution is -2.60. The molecule has 0 spiro atoms. The van der Waals surface area contributed by atoms with Gasteiger partial charge in [0, 0.05) is 11.5 Å². The highest BCUT2D eigenvalue weighted by Gasteiger charge is 2.45. The second-order valence-electron chi connectivity index (χ2n) is 5.74. The highest BCUT2D eigenvalue weighted by atomic mass is 16.7. The van der Waals surface area contributed by atoms with Gasteiger partial charge in [-0.2, -0.15) is 0 Å². The molecule has 1 aliphatic rings. The zero-order valence-corrected chi connectivity index (χ0v) is 13.6. The maximum absolute atomic E-state index is 11.5. The summed E-state index contributed by atoms with van der Waals surface area (Å²) in [5.74, 6) is -0.876. The molecule has 0 unspecified atom stereocenters. The quantitative estimate of drug-likeness (QED) is 0.409.